The van der Waals surface area contributed by atoms with Gasteiger partial charge in [-0.05, 0) is 36.4 Å². The zero-order chi connectivity index (χ0) is 10.5. The minimum absolute atomic E-state index is 0.464. The summed E-state index contributed by atoms with van der Waals surface area (Å²) in [5.41, 5.74) is 1.07. The van der Waals surface area contributed by atoms with Gasteiger partial charge in [0.05, 0.1) is 6.26 Å². The Hall–Kier alpha value is -1.90. The lowest BCUT2D eigenvalue weighted by atomic mass is 10.3. The number of ether oxygens (including phenoxy) is 1. The molecule has 0 fully saturated rings. The summed E-state index contributed by atoms with van der Waals surface area (Å²) < 4.78 is 10.7. The van der Waals surface area contributed by atoms with Gasteiger partial charge in [0, 0.05) is 12.7 Å². The third kappa shape index (κ3) is 2.53. The van der Waals surface area contributed by atoms with Gasteiger partial charge in [0.1, 0.15) is 18.1 Å². The van der Waals surface area contributed by atoms with Gasteiger partial charge in [-0.25, -0.2) is 0 Å². The molecule has 0 aliphatic heterocycles. The molecule has 0 aliphatic carbocycles. The summed E-state index contributed by atoms with van der Waals surface area (Å²) in [5.74, 6) is 1.66. The van der Waals surface area contributed by atoms with Crippen LogP contribution < -0.4 is 10.1 Å². The van der Waals surface area contributed by atoms with E-state index in [-0.39, 0.29) is 0 Å². The fourth-order valence-electron chi connectivity index (χ4n) is 1.27. The first kappa shape index (κ1) is 9.65. The van der Waals surface area contributed by atoms with Gasteiger partial charge in [-0.15, -0.1) is 0 Å². The molecule has 15 heavy (non-hydrogen) atoms. The topological polar surface area (TPSA) is 34.4 Å². The maximum Gasteiger partial charge on any atom is 0.146 e. The lowest BCUT2D eigenvalue weighted by Crippen LogP contribution is -1.94. The first-order valence-electron chi connectivity index (χ1n) is 4.81. The highest BCUT2D eigenvalue weighted by Crippen LogP contribution is 2.16. The van der Waals surface area contributed by atoms with Crippen molar-refractivity contribution in [3.8, 4) is 5.75 Å². The Labute approximate surface area is 88.7 Å². The molecule has 1 N–H and O–H groups in total. The van der Waals surface area contributed by atoms with Crippen molar-refractivity contribution in [2.75, 3.05) is 12.4 Å². The fraction of sp³-hybridized carbons (Fsp3) is 0.167. The molecule has 2 rings (SSSR count). The molecule has 1 heterocycles. The Morgan fingerprint density at radius 2 is 2.00 bits per heavy atom. The molecule has 0 saturated carbocycles. The maximum absolute atomic E-state index is 5.53. The van der Waals surface area contributed by atoms with Gasteiger partial charge in [0.25, 0.3) is 0 Å². The monoisotopic (exact) mass is 203 g/mol. The number of hydrogen-bond donors (Lipinski definition) is 1. The van der Waals surface area contributed by atoms with E-state index in [2.05, 4.69) is 5.32 Å². The summed E-state index contributed by atoms with van der Waals surface area (Å²) in [4.78, 5) is 0. The Morgan fingerprint density at radius 3 is 2.60 bits per heavy atom. The number of anilines is 1. The molecule has 0 aliphatic rings. The summed E-state index contributed by atoms with van der Waals surface area (Å²) in [6, 6.07) is 11.5. The van der Waals surface area contributed by atoms with Crippen molar-refractivity contribution in [2.24, 2.45) is 0 Å². The van der Waals surface area contributed by atoms with Crippen molar-refractivity contribution in [1.82, 2.24) is 0 Å². The molecule has 0 unspecified atom stereocenters. The average Bonchev–Trinajstić information content (AvgIpc) is 2.80. The molecular weight excluding hydrogens is 190 g/mol. The molecule has 3 heteroatoms. The molecule has 0 atom stereocenters. The van der Waals surface area contributed by atoms with Gasteiger partial charge in [0.2, 0.25) is 0 Å². The highest BCUT2D eigenvalue weighted by Gasteiger charge is 1.97. The summed E-state index contributed by atoms with van der Waals surface area (Å²) in [6.07, 6.45) is 1.64. The normalized spacial score (nSPS) is 9.93. The lowest BCUT2D eigenvalue weighted by Gasteiger charge is -2.05. The summed E-state index contributed by atoms with van der Waals surface area (Å²) in [7, 11) is 1.89. The average molecular weight is 203 g/mol. The Morgan fingerprint density at radius 1 is 1.20 bits per heavy atom. The van der Waals surface area contributed by atoms with E-state index in [0.717, 1.165) is 17.2 Å². The quantitative estimate of drug-likeness (QED) is 0.829. The zero-order valence-electron chi connectivity index (χ0n) is 8.57. The van der Waals surface area contributed by atoms with E-state index in [4.69, 9.17) is 9.15 Å². The first-order chi connectivity index (χ1) is 7.38. The minimum atomic E-state index is 0.464. The summed E-state index contributed by atoms with van der Waals surface area (Å²) >= 11 is 0. The van der Waals surface area contributed by atoms with E-state index >= 15 is 0 Å². The number of furan rings is 1. The standard InChI is InChI=1S/C12H13NO2/c1-13-10-4-6-11(7-5-10)15-9-12-3-2-8-14-12/h2-8,13H,9H2,1H3. The molecule has 1 aromatic heterocycles. The molecule has 2 aromatic rings. The molecule has 0 amide bonds. The van der Waals surface area contributed by atoms with E-state index in [0.29, 0.717) is 6.61 Å². The predicted molar refractivity (Wildman–Crippen MR) is 59.0 cm³/mol. The van der Waals surface area contributed by atoms with Crippen molar-refractivity contribution >= 4 is 5.69 Å². The third-order valence-electron chi connectivity index (χ3n) is 2.10. The predicted octanol–water partition coefficient (Wildman–Crippen LogP) is 2.90. The molecule has 3 nitrogen and oxygen atoms in total. The van der Waals surface area contributed by atoms with Crippen LogP contribution in [0.2, 0.25) is 0 Å². The van der Waals surface area contributed by atoms with E-state index in [1.165, 1.54) is 0 Å². The molecule has 0 spiro atoms. The highest BCUT2D eigenvalue weighted by molar-refractivity contribution is 5.45. The number of hydrogen-bond acceptors (Lipinski definition) is 3. The van der Waals surface area contributed by atoms with E-state index in [1.54, 1.807) is 6.26 Å². The first-order valence-corrected chi connectivity index (χ1v) is 4.81. The smallest absolute Gasteiger partial charge is 0.146 e. The number of nitrogens with one attached hydrogen (secondary N) is 1. The number of rotatable bonds is 4. The number of benzene rings is 1. The van der Waals surface area contributed by atoms with Crippen molar-refractivity contribution in [3.63, 3.8) is 0 Å². The van der Waals surface area contributed by atoms with Gasteiger partial charge in [-0.3, -0.25) is 0 Å². The van der Waals surface area contributed by atoms with Gasteiger partial charge >= 0.3 is 0 Å². The maximum atomic E-state index is 5.53. The molecular formula is C12H13NO2. The van der Waals surface area contributed by atoms with Crippen molar-refractivity contribution in [1.29, 1.82) is 0 Å². The van der Waals surface area contributed by atoms with Gasteiger partial charge in [0.15, 0.2) is 0 Å². The minimum Gasteiger partial charge on any atom is -0.486 e. The van der Waals surface area contributed by atoms with E-state index in [1.807, 2.05) is 43.4 Å². The third-order valence-corrected chi connectivity index (χ3v) is 2.10. The van der Waals surface area contributed by atoms with Crippen LogP contribution in [0.5, 0.6) is 5.75 Å². The fourth-order valence-corrected chi connectivity index (χ4v) is 1.27. The van der Waals surface area contributed by atoms with Crippen LogP contribution in [0, 0.1) is 0 Å². The molecule has 0 saturated heterocycles. The molecule has 78 valence electrons. The van der Waals surface area contributed by atoms with Gasteiger partial charge in [-0.2, -0.15) is 0 Å². The van der Waals surface area contributed by atoms with Crippen LogP contribution in [0.4, 0.5) is 5.69 Å². The largest absolute Gasteiger partial charge is 0.486 e. The van der Waals surface area contributed by atoms with Crippen LogP contribution in [-0.2, 0) is 6.61 Å². The van der Waals surface area contributed by atoms with Crippen molar-refractivity contribution < 1.29 is 9.15 Å². The SMILES string of the molecule is CNc1ccc(OCc2ccco2)cc1. The molecule has 0 bridgehead atoms. The van der Waals surface area contributed by atoms with Gasteiger partial charge < -0.3 is 14.5 Å². The lowest BCUT2D eigenvalue weighted by molar-refractivity contribution is 0.270. The Bertz CT molecular complexity index is 392. The Kier molecular flexibility index (Phi) is 2.93. The van der Waals surface area contributed by atoms with Crippen LogP contribution >= 0.6 is 0 Å². The second kappa shape index (κ2) is 4.55. The Balaban J connectivity index is 1.93. The summed E-state index contributed by atoms with van der Waals surface area (Å²) in [6.45, 7) is 0.464. The second-order valence-electron chi connectivity index (χ2n) is 3.14. The molecule has 0 radical (unpaired) electrons. The van der Waals surface area contributed by atoms with Crippen LogP contribution in [-0.4, -0.2) is 7.05 Å². The van der Waals surface area contributed by atoms with Gasteiger partial charge in [-0.1, -0.05) is 0 Å². The van der Waals surface area contributed by atoms with E-state index in [9.17, 15) is 0 Å². The molecule has 1 aromatic carbocycles. The van der Waals surface area contributed by atoms with Crippen LogP contribution in [0.15, 0.2) is 47.1 Å². The highest BCUT2D eigenvalue weighted by atomic mass is 16.5. The second-order valence-corrected chi connectivity index (χ2v) is 3.14. The van der Waals surface area contributed by atoms with Crippen LogP contribution in [0.3, 0.4) is 0 Å². The van der Waals surface area contributed by atoms with E-state index < -0.39 is 0 Å². The summed E-state index contributed by atoms with van der Waals surface area (Å²) in [5, 5.41) is 3.05. The zero-order valence-corrected chi connectivity index (χ0v) is 8.57. The van der Waals surface area contributed by atoms with Crippen LogP contribution in [0.1, 0.15) is 5.76 Å². The van der Waals surface area contributed by atoms with Crippen molar-refractivity contribution in [2.45, 2.75) is 6.61 Å². The van der Waals surface area contributed by atoms with Crippen LogP contribution in [0.25, 0.3) is 0 Å². The van der Waals surface area contributed by atoms with Crippen molar-refractivity contribution in [3.05, 3.63) is 48.4 Å².